The Morgan fingerprint density at radius 3 is 2.79 bits per heavy atom. The first-order valence-corrected chi connectivity index (χ1v) is 5.57. The molecule has 0 aliphatic carbocycles. The summed E-state index contributed by atoms with van der Waals surface area (Å²) in [5.41, 5.74) is 0. The quantitative estimate of drug-likeness (QED) is 0.795. The third-order valence-corrected chi connectivity index (χ3v) is 2.31. The van der Waals surface area contributed by atoms with Crippen molar-refractivity contribution in [1.29, 1.82) is 0 Å². The lowest BCUT2D eigenvalue weighted by Gasteiger charge is -2.08. The summed E-state index contributed by atoms with van der Waals surface area (Å²) < 4.78 is 6.15. The summed E-state index contributed by atoms with van der Waals surface area (Å²) in [6.07, 6.45) is 1.16. The number of nitrogens with one attached hydrogen (secondary N) is 1. The van der Waals surface area contributed by atoms with Crippen LogP contribution in [0.4, 0.5) is 0 Å². The standard InChI is InChI=1S/C10H17BrN2O/c1-13(2)7-3-6-12-8-9-4-5-10(11)14-9/h4-5,12H,3,6-8H2,1-2H3. The van der Waals surface area contributed by atoms with E-state index in [2.05, 4.69) is 40.2 Å². The van der Waals surface area contributed by atoms with Crippen molar-refractivity contribution >= 4 is 15.9 Å². The van der Waals surface area contributed by atoms with Crippen molar-refractivity contribution in [2.45, 2.75) is 13.0 Å². The summed E-state index contributed by atoms with van der Waals surface area (Å²) in [6.45, 7) is 2.95. The first-order valence-electron chi connectivity index (χ1n) is 4.78. The van der Waals surface area contributed by atoms with Crippen molar-refractivity contribution < 1.29 is 4.42 Å². The highest BCUT2D eigenvalue weighted by Crippen LogP contribution is 2.13. The molecule has 0 unspecified atom stereocenters. The molecule has 0 bridgehead atoms. The Morgan fingerprint density at radius 2 is 2.21 bits per heavy atom. The molecule has 1 heterocycles. The topological polar surface area (TPSA) is 28.4 Å². The predicted octanol–water partition coefficient (Wildman–Crippen LogP) is 2.08. The van der Waals surface area contributed by atoms with Crippen LogP contribution in [0.2, 0.25) is 0 Å². The van der Waals surface area contributed by atoms with Gasteiger partial charge >= 0.3 is 0 Å². The van der Waals surface area contributed by atoms with Crippen LogP contribution in [0.5, 0.6) is 0 Å². The van der Waals surface area contributed by atoms with E-state index in [1.165, 1.54) is 0 Å². The van der Waals surface area contributed by atoms with Crippen molar-refractivity contribution in [3.63, 3.8) is 0 Å². The van der Waals surface area contributed by atoms with E-state index in [4.69, 9.17) is 4.42 Å². The number of halogens is 1. The molecule has 0 aliphatic rings. The van der Waals surface area contributed by atoms with Crippen molar-refractivity contribution in [3.05, 3.63) is 22.6 Å². The second kappa shape index (κ2) is 6.22. The fourth-order valence-corrected chi connectivity index (χ4v) is 1.52. The third-order valence-electron chi connectivity index (χ3n) is 1.89. The van der Waals surface area contributed by atoms with E-state index in [1.807, 2.05) is 12.1 Å². The average Bonchev–Trinajstić information content (AvgIpc) is 2.50. The van der Waals surface area contributed by atoms with E-state index in [9.17, 15) is 0 Å². The molecule has 14 heavy (non-hydrogen) atoms. The Balaban J connectivity index is 2.04. The van der Waals surface area contributed by atoms with Gasteiger partial charge in [0.25, 0.3) is 0 Å². The molecule has 0 aliphatic heterocycles. The summed E-state index contributed by atoms with van der Waals surface area (Å²) in [4.78, 5) is 2.19. The van der Waals surface area contributed by atoms with Gasteiger partial charge in [0.15, 0.2) is 4.67 Å². The minimum Gasteiger partial charge on any atom is -0.453 e. The zero-order chi connectivity index (χ0) is 10.4. The van der Waals surface area contributed by atoms with Crippen LogP contribution < -0.4 is 5.32 Å². The lowest BCUT2D eigenvalue weighted by molar-refractivity contribution is 0.389. The first-order chi connectivity index (χ1) is 6.68. The molecule has 0 saturated carbocycles. The van der Waals surface area contributed by atoms with Crippen molar-refractivity contribution in [2.24, 2.45) is 0 Å². The number of furan rings is 1. The Labute approximate surface area is 93.6 Å². The van der Waals surface area contributed by atoms with Crippen molar-refractivity contribution in [1.82, 2.24) is 10.2 Å². The fraction of sp³-hybridized carbons (Fsp3) is 0.600. The van der Waals surface area contributed by atoms with E-state index < -0.39 is 0 Å². The first kappa shape index (κ1) is 11.8. The van der Waals surface area contributed by atoms with Gasteiger partial charge in [-0.3, -0.25) is 0 Å². The minimum atomic E-state index is 0.794. The van der Waals surface area contributed by atoms with Crippen molar-refractivity contribution in [3.8, 4) is 0 Å². The van der Waals surface area contributed by atoms with Gasteiger partial charge in [-0.05, 0) is 61.7 Å². The van der Waals surface area contributed by atoms with Gasteiger partial charge in [-0.15, -0.1) is 0 Å². The second-order valence-corrected chi connectivity index (χ2v) is 4.32. The van der Waals surface area contributed by atoms with Gasteiger partial charge < -0.3 is 14.6 Å². The van der Waals surface area contributed by atoms with Crippen LogP contribution >= 0.6 is 15.9 Å². The Hall–Kier alpha value is -0.320. The zero-order valence-corrected chi connectivity index (χ0v) is 10.3. The van der Waals surface area contributed by atoms with E-state index in [-0.39, 0.29) is 0 Å². The lowest BCUT2D eigenvalue weighted by atomic mass is 10.4. The van der Waals surface area contributed by atoms with Crippen LogP contribution in [0.1, 0.15) is 12.2 Å². The van der Waals surface area contributed by atoms with Gasteiger partial charge in [-0.25, -0.2) is 0 Å². The maximum Gasteiger partial charge on any atom is 0.169 e. The van der Waals surface area contributed by atoms with Crippen LogP contribution in [0.25, 0.3) is 0 Å². The monoisotopic (exact) mass is 260 g/mol. The highest BCUT2D eigenvalue weighted by molar-refractivity contribution is 9.10. The Morgan fingerprint density at radius 1 is 1.43 bits per heavy atom. The maximum atomic E-state index is 5.35. The minimum absolute atomic E-state index is 0.794. The van der Waals surface area contributed by atoms with Gasteiger partial charge in [-0.2, -0.15) is 0 Å². The maximum absolute atomic E-state index is 5.35. The molecule has 0 spiro atoms. The van der Waals surface area contributed by atoms with Crippen LogP contribution in [0.15, 0.2) is 21.2 Å². The molecule has 3 nitrogen and oxygen atoms in total. The van der Waals surface area contributed by atoms with Crippen LogP contribution in [-0.2, 0) is 6.54 Å². The highest BCUT2D eigenvalue weighted by Gasteiger charge is 1.98. The lowest BCUT2D eigenvalue weighted by Crippen LogP contribution is -2.20. The summed E-state index contributed by atoms with van der Waals surface area (Å²) in [5.74, 6) is 0.974. The molecule has 0 fully saturated rings. The summed E-state index contributed by atoms with van der Waals surface area (Å²) in [5, 5.41) is 3.33. The molecule has 0 aromatic carbocycles. The van der Waals surface area contributed by atoms with E-state index >= 15 is 0 Å². The molecule has 1 rings (SSSR count). The van der Waals surface area contributed by atoms with Gasteiger partial charge in [0.1, 0.15) is 5.76 Å². The largest absolute Gasteiger partial charge is 0.453 e. The summed E-state index contributed by atoms with van der Waals surface area (Å²) >= 11 is 3.27. The van der Waals surface area contributed by atoms with Gasteiger partial charge in [0.05, 0.1) is 6.54 Å². The number of hydrogen-bond donors (Lipinski definition) is 1. The van der Waals surface area contributed by atoms with E-state index in [0.717, 1.165) is 36.5 Å². The van der Waals surface area contributed by atoms with Gasteiger partial charge in [0.2, 0.25) is 0 Å². The Bertz CT molecular complexity index is 260. The molecular formula is C10H17BrN2O. The Kier molecular flexibility index (Phi) is 5.22. The normalized spacial score (nSPS) is 11.1. The number of hydrogen-bond acceptors (Lipinski definition) is 3. The van der Waals surface area contributed by atoms with E-state index in [1.54, 1.807) is 0 Å². The van der Waals surface area contributed by atoms with Crippen LogP contribution in [0, 0.1) is 0 Å². The van der Waals surface area contributed by atoms with Gasteiger partial charge in [0, 0.05) is 0 Å². The van der Waals surface area contributed by atoms with Crippen LogP contribution in [-0.4, -0.2) is 32.1 Å². The SMILES string of the molecule is CN(C)CCCNCc1ccc(Br)o1. The molecule has 0 atom stereocenters. The molecule has 0 radical (unpaired) electrons. The molecule has 80 valence electrons. The fourth-order valence-electron chi connectivity index (χ4n) is 1.18. The zero-order valence-electron chi connectivity index (χ0n) is 8.72. The molecule has 0 saturated heterocycles. The van der Waals surface area contributed by atoms with E-state index in [0.29, 0.717) is 0 Å². The van der Waals surface area contributed by atoms with Crippen LogP contribution in [0.3, 0.4) is 0 Å². The third kappa shape index (κ3) is 4.79. The predicted molar refractivity (Wildman–Crippen MR) is 61.3 cm³/mol. The summed E-state index contributed by atoms with van der Waals surface area (Å²) in [7, 11) is 4.17. The molecule has 0 amide bonds. The van der Waals surface area contributed by atoms with Gasteiger partial charge in [-0.1, -0.05) is 0 Å². The smallest absolute Gasteiger partial charge is 0.169 e. The molecule has 1 aromatic heterocycles. The molecular weight excluding hydrogens is 244 g/mol. The summed E-state index contributed by atoms with van der Waals surface area (Å²) in [6, 6.07) is 3.89. The molecule has 4 heteroatoms. The highest BCUT2D eigenvalue weighted by atomic mass is 79.9. The molecule has 1 aromatic rings. The number of nitrogens with zero attached hydrogens (tertiary/aromatic N) is 1. The second-order valence-electron chi connectivity index (χ2n) is 3.54. The van der Waals surface area contributed by atoms with Crippen molar-refractivity contribution in [2.75, 3.05) is 27.2 Å². The number of rotatable bonds is 6. The average molecular weight is 261 g/mol. The molecule has 1 N–H and O–H groups in total.